The van der Waals surface area contributed by atoms with Gasteiger partial charge in [0.05, 0.1) is 11.1 Å². The Kier molecular flexibility index (Phi) is 5.40. The van der Waals surface area contributed by atoms with Crippen molar-refractivity contribution in [3.8, 4) is 0 Å². The molecule has 0 unspecified atom stereocenters. The van der Waals surface area contributed by atoms with Crippen LogP contribution in [0.25, 0.3) is 0 Å². The lowest BCUT2D eigenvalue weighted by atomic mass is 10.00. The Morgan fingerprint density at radius 1 is 0.963 bits per heavy atom. The van der Waals surface area contributed by atoms with E-state index in [-0.39, 0.29) is 30.7 Å². The van der Waals surface area contributed by atoms with Crippen molar-refractivity contribution < 1.29 is 14.4 Å². The Morgan fingerprint density at radius 2 is 1.52 bits per heavy atom. The van der Waals surface area contributed by atoms with Gasteiger partial charge in [-0.25, -0.2) is 0 Å². The third-order valence-electron chi connectivity index (χ3n) is 4.97. The number of carbonyl (C=O) groups is 3. The van der Waals surface area contributed by atoms with Crippen LogP contribution < -0.4 is 5.32 Å². The van der Waals surface area contributed by atoms with E-state index < -0.39 is 0 Å². The average molecular weight is 364 g/mol. The molecule has 3 rings (SSSR count). The van der Waals surface area contributed by atoms with Gasteiger partial charge in [-0.15, -0.1) is 0 Å². The molecule has 0 saturated carbocycles. The SMILES string of the molecule is Cc1cc(C)c(CNC(=O)CCCN2C(=O)c3ccccc3C2=O)c(C)c1. The van der Waals surface area contributed by atoms with Crippen LogP contribution in [-0.2, 0) is 11.3 Å². The molecule has 1 aliphatic rings. The topological polar surface area (TPSA) is 66.5 Å². The summed E-state index contributed by atoms with van der Waals surface area (Å²) in [5, 5.41) is 2.94. The zero-order valence-electron chi connectivity index (χ0n) is 16.0. The summed E-state index contributed by atoms with van der Waals surface area (Å²) >= 11 is 0. The second kappa shape index (κ2) is 7.74. The molecular formula is C22H24N2O3. The highest BCUT2D eigenvalue weighted by atomic mass is 16.2. The number of fused-ring (bicyclic) bond motifs is 1. The number of nitrogens with zero attached hydrogens (tertiary/aromatic N) is 1. The van der Waals surface area contributed by atoms with Gasteiger partial charge in [-0.2, -0.15) is 0 Å². The lowest BCUT2D eigenvalue weighted by molar-refractivity contribution is -0.121. The number of benzene rings is 2. The fraction of sp³-hybridized carbons (Fsp3) is 0.318. The van der Waals surface area contributed by atoms with Gasteiger partial charge in [-0.1, -0.05) is 29.8 Å². The molecule has 27 heavy (non-hydrogen) atoms. The Bertz CT molecular complexity index is 860. The second-order valence-corrected chi connectivity index (χ2v) is 7.07. The number of imide groups is 1. The molecule has 2 aromatic rings. The molecule has 0 fully saturated rings. The van der Waals surface area contributed by atoms with Gasteiger partial charge in [0.25, 0.3) is 11.8 Å². The van der Waals surface area contributed by atoms with Crippen LogP contribution in [0.2, 0.25) is 0 Å². The normalized spacial score (nSPS) is 13.1. The predicted octanol–water partition coefficient (Wildman–Crippen LogP) is 3.30. The maximum Gasteiger partial charge on any atom is 0.261 e. The lowest BCUT2D eigenvalue weighted by Crippen LogP contribution is -2.32. The van der Waals surface area contributed by atoms with Crippen molar-refractivity contribution in [3.05, 3.63) is 69.8 Å². The van der Waals surface area contributed by atoms with Crippen LogP contribution in [0.5, 0.6) is 0 Å². The molecule has 0 aromatic heterocycles. The van der Waals surface area contributed by atoms with Gasteiger partial charge in [-0.3, -0.25) is 19.3 Å². The first-order valence-electron chi connectivity index (χ1n) is 9.17. The standard InChI is InChI=1S/C22H24N2O3/c1-14-11-15(2)19(16(3)12-14)13-23-20(25)9-6-10-24-21(26)17-7-4-5-8-18(17)22(24)27/h4-5,7-8,11-12H,6,9-10,13H2,1-3H3,(H,23,25). The fourth-order valence-corrected chi connectivity index (χ4v) is 3.60. The van der Waals surface area contributed by atoms with Crippen LogP contribution in [0.1, 0.15) is 55.8 Å². The summed E-state index contributed by atoms with van der Waals surface area (Å²) < 4.78 is 0. The molecule has 0 radical (unpaired) electrons. The van der Waals surface area contributed by atoms with Crippen LogP contribution >= 0.6 is 0 Å². The zero-order valence-corrected chi connectivity index (χ0v) is 16.0. The Balaban J connectivity index is 1.50. The molecule has 0 saturated heterocycles. The van der Waals surface area contributed by atoms with E-state index in [1.165, 1.54) is 21.6 Å². The van der Waals surface area contributed by atoms with Crippen LogP contribution in [0.4, 0.5) is 0 Å². The first-order chi connectivity index (χ1) is 12.9. The van der Waals surface area contributed by atoms with Gasteiger partial charge < -0.3 is 5.32 Å². The van der Waals surface area contributed by atoms with E-state index in [0.29, 0.717) is 24.1 Å². The summed E-state index contributed by atoms with van der Waals surface area (Å²) in [7, 11) is 0. The number of carbonyl (C=O) groups excluding carboxylic acids is 3. The van der Waals surface area contributed by atoms with Crippen LogP contribution in [0, 0.1) is 20.8 Å². The number of aryl methyl sites for hydroxylation is 3. The van der Waals surface area contributed by atoms with Crippen molar-refractivity contribution in [1.82, 2.24) is 10.2 Å². The molecule has 5 heteroatoms. The lowest BCUT2D eigenvalue weighted by Gasteiger charge is -2.14. The van der Waals surface area contributed by atoms with Gasteiger partial charge in [0.15, 0.2) is 0 Å². The number of rotatable bonds is 6. The Morgan fingerprint density at radius 3 is 2.07 bits per heavy atom. The fourth-order valence-electron chi connectivity index (χ4n) is 3.60. The van der Waals surface area contributed by atoms with Gasteiger partial charge in [0.2, 0.25) is 5.91 Å². The summed E-state index contributed by atoms with van der Waals surface area (Å²) in [4.78, 5) is 38.0. The minimum Gasteiger partial charge on any atom is -0.352 e. The molecule has 0 bridgehead atoms. The van der Waals surface area contributed by atoms with Crippen molar-refractivity contribution in [2.45, 2.75) is 40.2 Å². The van der Waals surface area contributed by atoms with Crippen LogP contribution in [-0.4, -0.2) is 29.2 Å². The van der Waals surface area contributed by atoms with Crippen molar-refractivity contribution in [2.24, 2.45) is 0 Å². The third kappa shape index (κ3) is 3.92. The molecule has 3 amide bonds. The number of hydrogen-bond acceptors (Lipinski definition) is 3. The Labute approximate surface area is 159 Å². The highest BCUT2D eigenvalue weighted by Crippen LogP contribution is 2.22. The highest BCUT2D eigenvalue weighted by molar-refractivity contribution is 6.21. The van der Waals surface area contributed by atoms with Crippen molar-refractivity contribution in [3.63, 3.8) is 0 Å². The van der Waals surface area contributed by atoms with Gasteiger partial charge in [0.1, 0.15) is 0 Å². The van der Waals surface area contributed by atoms with Crippen molar-refractivity contribution >= 4 is 17.7 Å². The van der Waals surface area contributed by atoms with E-state index in [2.05, 4.69) is 24.4 Å². The molecule has 2 aromatic carbocycles. The first kappa shape index (κ1) is 18.8. The molecule has 140 valence electrons. The monoisotopic (exact) mass is 364 g/mol. The number of nitrogens with one attached hydrogen (secondary N) is 1. The summed E-state index contributed by atoms with van der Waals surface area (Å²) in [5.74, 6) is -0.630. The highest BCUT2D eigenvalue weighted by Gasteiger charge is 2.34. The van der Waals surface area contributed by atoms with E-state index in [1.807, 2.05) is 13.8 Å². The third-order valence-corrected chi connectivity index (χ3v) is 4.97. The maximum absolute atomic E-state index is 12.3. The molecule has 1 N–H and O–H groups in total. The second-order valence-electron chi connectivity index (χ2n) is 7.07. The van der Waals surface area contributed by atoms with E-state index in [0.717, 1.165) is 5.56 Å². The van der Waals surface area contributed by atoms with E-state index in [9.17, 15) is 14.4 Å². The van der Waals surface area contributed by atoms with Gasteiger partial charge in [0, 0.05) is 19.5 Å². The van der Waals surface area contributed by atoms with Crippen molar-refractivity contribution in [1.29, 1.82) is 0 Å². The zero-order chi connectivity index (χ0) is 19.6. The average Bonchev–Trinajstić information content (AvgIpc) is 2.86. The van der Waals surface area contributed by atoms with E-state index in [4.69, 9.17) is 0 Å². The molecule has 0 aliphatic carbocycles. The van der Waals surface area contributed by atoms with Crippen molar-refractivity contribution in [2.75, 3.05) is 6.54 Å². The minimum absolute atomic E-state index is 0.0778. The summed E-state index contributed by atoms with van der Waals surface area (Å²) in [6, 6.07) is 11.0. The molecule has 1 heterocycles. The van der Waals surface area contributed by atoms with E-state index >= 15 is 0 Å². The van der Waals surface area contributed by atoms with Crippen LogP contribution in [0.15, 0.2) is 36.4 Å². The summed E-state index contributed by atoms with van der Waals surface area (Å²) in [5.41, 5.74) is 5.56. The number of amides is 3. The quantitative estimate of drug-likeness (QED) is 0.800. The smallest absolute Gasteiger partial charge is 0.261 e. The largest absolute Gasteiger partial charge is 0.352 e. The maximum atomic E-state index is 12.3. The molecule has 0 spiro atoms. The molecular weight excluding hydrogens is 340 g/mol. The predicted molar refractivity (Wildman–Crippen MR) is 104 cm³/mol. The summed E-state index contributed by atoms with van der Waals surface area (Å²) in [6.45, 7) is 6.89. The van der Waals surface area contributed by atoms with Gasteiger partial charge in [-0.05, 0) is 56.0 Å². The molecule has 5 nitrogen and oxygen atoms in total. The minimum atomic E-state index is -0.276. The van der Waals surface area contributed by atoms with E-state index in [1.54, 1.807) is 24.3 Å². The molecule has 1 aliphatic heterocycles. The Hall–Kier alpha value is -2.95. The first-order valence-corrected chi connectivity index (χ1v) is 9.17. The number of hydrogen-bond donors (Lipinski definition) is 1. The van der Waals surface area contributed by atoms with Crippen LogP contribution in [0.3, 0.4) is 0 Å². The summed E-state index contributed by atoms with van der Waals surface area (Å²) in [6.07, 6.45) is 0.723. The van der Waals surface area contributed by atoms with Gasteiger partial charge >= 0.3 is 0 Å². The molecule has 0 atom stereocenters.